The predicted molar refractivity (Wildman–Crippen MR) is 72.7 cm³/mol. The van der Waals surface area contributed by atoms with E-state index in [1.807, 2.05) is 0 Å². The van der Waals surface area contributed by atoms with Crippen LogP contribution in [0.25, 0.3) is 0 Å². The lowest BCUT2D eigenvalue weighted by Crippen LogP contribution is -2.05. The van der Waals surface area contributed by atoms with Gasteiger partial charge in [-0.05, 0) is 12.8 Å². The lowest BCUT2D eigenvalue weighted by atomic mass is 10.1. The fourth-order valence-corrected chi connectivity index (χ4v) is 1.57. The average Bonchev–Trinajstić information content (AvgIpc) is 2.31. The maximum Gasteiger partial charge on any atom is 0.0755 e. The molecule has 94 valence electrons. The molecule has 0 aliphatic carbocycles. The normalized spacial score (nSPS) is 13.9. The molecule has 0 aliphatic rings. The molecule has 0 saturated carbocycles. The highest BCUT2D eigenvalue weighted by molar-refractivity contribution is 5.04. The number of methoxy groups -OCH3 is 1. The average molecular weight is 224 g/mol. The van der Waals surface area contributed by atoms with Gasteiger partial charge in [-0.3, -0.25) is 0 Å². The Balaban J connectivity index is 3.65. The third-order valence-electron chi connectivity index (χ3n) is 2.69. The van der Waals surface area contributed by atoms with Gasteiger partial charge in [0.2, 0.25) is 0 Å². The first-order valence-electron chi connectivity index (χ1n) is 6.71. The third-order valence-corrected chi connectivity index (χ3v) is 2.69. The van der Waals surface area contributed by atoms with Crippen molar-refractivity contribution in [2.75, 3.05) is 7.11 Å². The molecule has 0 saturated heterocycles. The molecule has 0 bridgehead atoms. The summed E-state index contributed by atoms with van der Waals surface area (Å²) in [6.45, 7) is 4.45. The van der Waals surface area contributed by atoms with Gasteiger partial charge >= 0.3 is 0 Å². The Hall–Kier alpha value is -0.560. The molecule has 16 heavy (non-hydrogen) atoms. The van der Waals surface area contributed by atoms with E-state index in [2.05, 4.69) is 38.2 Å². The van der Waals surface area contributed by atoms with E-state index in [1.165, 1.54) is 38.5 Å². The minimum Gasteiger partial charge on any atom is -0.377 e. The standard InChI is InChI=1S/C15H28O/c1-4-6-8-9-10-12-14-15(16-3)13-11-7-5-2/h9-10,12,14-15H,4-8,11,13H2,1-3H3/b10-9+,14-12+. The molecular formula is C15H28O. The van der Waals surface area contributed by atoms with Crippen molar-refractivity contribution >= 4 is 0 Å². The molecule has 0 heterocycles. The van der Waals surface area contributed by atoms with Crippen LogP contribution in [-0.2, 0) is 4.74 Å². The minimum atomic E-state index is 0.294. The summed E-state index contributed by atoms with van der Waals surface area (Å²) in [5.74, 6) is 0. The SMILES string of the molecule is CCCC/C=C/C=C/C(CCCCC)OC. The first kappa shape index (κ1) is 15.4. The maximum atomic E-state index is 5.40. The van der Waals surface area contributed by atoms with Crippen LogP contribution in [0.4, 0.5) is 0 Å². The summed E-state index contributed by atoms with van der Waals surface area (Å²) in [5, 5.41) is 0. The second-order valence-electron chi connectivity index (χ2n) is 4.23. The van der Waals surface area contributed by atoms with Crippen LogP contribution < -0.4 is 0 Å². The van der Waals surface area contributed by atoms with Gasteiger partial charge in [-0.1, -0.05) is 70.3 Å². The summed E-state index contributed by atoms with van der Waals surface area (Å²) in [6.07, 6.45) is 17.7. The van der Waals surface area contributed by atoms with Crippen molar-refractivity contribution in [1.82, 2.24) is 0 Å². The highest BCUT2D eigenvalue weighted by atomic mass is 16.5. The Kier molecular flexibility index (Phi) is 12.1. The zero-order valence-electron chi connectivity index (χ0n) is 11.2. The quantitative estimate of drug-likeness (QED) is 0.379. The Bertz CT molecular complexity index is 182. The molecule has 1 atom stereocenters. The summed E-state index contributed by atoms with van der Waals surface area (Å²) in [7, 11) is 1.79. The lowest BCUT2D eigenvalue weighted by molar-refractivity contribution is 0.131. The highest BCUT2D eigenvalue weighted by Gasteiger charge is 2.00. The molecule has 0 aromatic rings. The predicted octanol–water partition coefficient (Wildman–Crippen LogP) is 4.88. The van der Waals surface area contributed by atoms with Crippen molar-refractivity contribution in [1.29, 1.82) is 0 Å². The zero-order chi connectivity index (χ0) is 12.1. The number of hydrogen-bond donors (Lipinski definition) is 0. The first-order chi connectivity index (χ1) is 7.85. The van der Waals surface area contributed by atoms with Gasteiger partial charge in [0.15, 0.2) is 0 Å². The molecule has 0 fully saturated rings. The van der Waals surface area contributed by atoms with Gasteiger partial charge in [0.1, 0.15) is 0 Å². The summed E-state index contributed by atoms with van der Waals surface area (Å²) in [5.41, 5.74) is 0. The minimum absolute atomic E-state index is 0.294. The molecular weight excluding hydrogens is 196 g/mol. The number of unbranched alkanes of at least 4 members (excludes halogenated alkanes) is 4. The molecule has 0 aromatic carbocycles. The lowest BCUT2D eigenvalue weighted by Gasteiger charge is -2.09. The zero-order valence-corrected chi connectivity index (χ0v) is 11.2. The van der Waals surface area contributed by atoms with Gasteiger partial charge in [-0.15, -0.1) is 0 Å². The number of allylic oxidation sites excluding steroid dienone is 3. The second-order valence-corrected chi connectivity index (χ2v) is 4.23. The van der Waals surface area contributed by atoms with E-state index in [0.717, 1.165) is 6.42 Å². The van der Waals surface area contributed by atoms with Gasteiger partial charge in [0.05, 0.1) is 6.10 Å². The Labute approximate surface area is 102 Å². The van der Waals surface area contributed by atoms with E-state index in [-0.39, 0.29) is 0 Å². The van der Waals surface area contributed by atoms with Crippen LogP contribution >= 0.6 is 0 Å². The smallest absolute Gasteiger partial charge is 0.0755 e. The number of ether oxygens (including phenoxy) is 1. The maximum absolute atomic E-state index is 5.40. The molecule has 1 unspecified atom stereocenters. The molecule has 0 N–H and O–H groups in total. The third kappa shape index (κ3) is 9.97. The van der Waals surface area contributed by atoms with Gasteiger partial charge < -0.3 is 4.74 Å². The fraction of sp³-hybridized carbons (Fsp3) is 0.733. The van der Waals surface area contributed by atoms with Crippen LogP contribution in [-0.4, -0.2) is 13.2 Å². The van der Waals surface area contributed by atoms with Crippen molar-refractivity contribution in [2.45, 2.75) is 64.9 Å². The summed E-state index contributed by atoms with van der Waals surface area (Å²) >= 11 is 0. The largest absolute Gasteiger partial charge is 0.377 e. The van der Waals surface area contributed by atoms with Crippen molar-refractivity contribution in [3.63, 3.8) is 0 Å². The van der Waals surface area contributed by atoms with Crippen molar-refractivity contribution in [3.05, 3.63) is 24.3 Å². The van der Waals surface area contributed by atoms with Crippen LogP contribution in [0.2, 0.25) is 0 Å². The van der Waals surface area contributed by atoms with Crippen molar-refractivity contribution in [2.24, 2.45) is 0 Å². The second kappa shape index (κ2) is 12.5. The molecule has 0 rings (SSSR count). The van der Waals surface area contributed by atoms with E-state index >= 15 is 0 Å². The van der Waals surface area contributed by atoms with Gasteiger partial charge in [-0.25, -0.2) is 0 Å². The Morgan fingerprint density at radius 2 is 1.75 bits per heavy atom. The molecule has 0 amide bonds. The van der Waals surface area contributed by atoms with E-state index in [9.17, 15) is 0 Å². The number of rotatable bonds is 10. The van der Waals surface area contributed by atoms with Crippen LogP contribution in [0.5, 0.6) is 0 Å². The summed E-state index contributed by atoms with van der Waals surface area (Å²) < 4.78 is 5.40. The Morgan fingerprint density at radius 3 is 2.38 bits per heavy atom. The summed E-state index contributed by atoms with van der Waals surface area (Å²) in [6, 6.07) is 0. The van der Waals surface area contributed by atoms with E-state index in [0.29, 0.717) is 6.10 Å². The monoisotopic (exact) mass is 224 g/mol. The summed E-state index contributed by atoms with van der Waals surface area (Å²) in [4.78, 5) is 0. The fourth-order valence-electron chi connectivity index (χ4n) is 1.57. The van der Waals surface area contributed by atoms with Crippen molar-refractivity contribution in [3.8, 4) is 0 Å². The number of hydrogen-bond acceptors (Lipinski definition) is 1. The van der Waals surface area contributed by atoms with Crippen LogP contribution in [0.3, 0.4) is 0 Å². The van der Waals surface area contributed by atoms with E-state index < -0.39 is 0 Å². The molecule has 0 aliphatic heterocycles. The molecule has 0 spiro atoms. The van der Waals surface area contributed by atoms with E-state index in [1.54, 1.807) is 7.11 Å². The van der Waals surface area contributed by atoms with Gasteiger partial charge in [0.25, 0.3) is 0 Å². The van der Waals surface area contributed by atoms with Crippen LogP contribution in [0.15, 0.2) is 24.3 Å². The highest BCUT2D eigenvalue weighted by Crippen LogP contribution is 2.07. The molecule has 0 aromatic heterocycles. The topological polar surface area (TPSA) is 9.23 Å². The molecule has 1 nitrogen and oxygen atoms in total. The van der Waals surface area contributed by atoms with Gasteiger partial charge in [-0.2, -0.15) is 0 Å². The Morgan fingerprint density at radius 1 is 1.00 bits per heavy atom. The van der Waals surface area contributed by atoms with Crippen molar-refractivity contribution < 1.29 is 4.74 Å². The molecule has 1 heteroatoms. The molecule has 0 radical (unpaired) electrons. The van der Waals surface area contributed by atoms with E-state index in [4.69, 9.17) is 4.74 Å². The van der Waals surface area contributed by atoms with Crippen LogP contribution in [0, 0.1) is 0 Å². The van der Waals surface area contributed by atoms with Crippen LogP contribution in [0.1, 0.15) is 58.8 Å². The van der Waals surface area contributed by atoms with Gasteiger partial charge in [0, 0.05) is 7.11 Å². The first-order valence-corrected chi connectivity index (χ1v) is 6.71.